The summed E-state index contributed by atoms with van der Waals surface area (Å²) in [6, 6.07) is 1.82. The maximum Gasteiger partial charge on any atom is 0.252 e. The summed E-state index contributed by atoms with van der Waals surface area (Å²) < 4.78 is 0. The third kappa shape index (κ3) is 5.40. The molecule has 4 nitrogen and oxygen atoms in total. The second-order valence-corrected chi connectivity index (χ2v) is 4.45. The van der Waals surface area contributed by atoms with Crippen LogP contribution in [0.3, 0.4) is 0 Å². The van der Waals surface area contributed by atoms with Crippen molar-refractivity contribution < 1.29 is 4.79 Å². The molecular weight excluding hydrogens is 234 g/mol. The zero-order valence-electron chi connectivity index (χ0n) is 9.90. The SMILES string of the molecule is Cc1cncc(C(=O)NCCCCC(N)=S)c1. The first-order valence-electron chi connectivity index (χ1n) is 5.58. The highest BCUT2D eigenvalue weighted by Gasteiger charge is 2.04. The highest BCUT2D eigenvalue weighted by atomic mass is 32.1. The highest BCUT2D eigenvalue weighted by Crippen LogP contribution is 2.01. The Kier molecular flexibility index (Phi) is 5.56. The Morgan fingerprint density at radius 1 is 1.47 bits per heavy atom. The van der Waals surface area contributed by atoms with Gasteiger partial charge in [-0.05, 0) is 37.8 Å². The number of nitrogens with two attached hydrogens (primary N) is 1. The molecule has 3 N–H and O–H groups in total. The maximum atomic E-state index is 11.7. The minimum absolute atomic E-state index is 0.0866. The number of thiocarbonyl (C=S) groups is 1. The van der Waals surface area contributed by atoms with Crippen LogP contribution >= 0.6 is 12.2 Å². The highest BCUT2D eigenvalue weighted by molar-refractivity contribution is 7.80. The van der Waals surface area contributed by atoms with E-state index >= 15 is 0 Å². The van der Waals surface area contributed by atoms with E-state index in [9.17, 15) is 4.79 Å². The van der Waals surface area contributed by atoms with Crippen molar-refractivity contribution in [3.63, 3.8) is 0 Å². The summed E-state index contributed by atoms with van der Waals surface area (Å²) in [4.78, 5) is 16.2. The number of nitrogens with one attached hydrogen (secondary N) is 1. The lowest BCUT2D eigenvalue weighted by Gasteiger charge is -2.05. The van der Waals surface area contributed by atoms with E-state index in [1.807, 2.05) is 13.0 Å². The van der Waals surface area contributed by atoms with E-state index < -0.39 is 0 Å². The minimum Gasteiger partial charge on any atom is -0.393 e. The van der Waals surface area contributed by atoms with Crippen molar-refractivity contribution in [3.05, 3.63) is 29.6 Å². The lowest BCUT2D eigenvalue weighted by atomic mass is 10.2. The molecule has 1 aromatic heterocycles. The third-order valence-electron chi connectivity index (χ3n) is 2.27. The van der Waals surface area contributed by atoms with Crippen molar-refractivity contribution in [1.82, 2.24) is 10.3 Å². The predicted molar refractivity (Wildman–Crippen MR) is 71.9 cm³/mol. The minimum atomic E-state index is -0.0866. The number of aryl methyl sites for hydroxylation is 1. The maximum absolute atomic E-state index is 11.7. The number of pyridine rings is 1. The summed E-state index contributed by atoms with van der Waals surface area (Å²) in [6.07, 6.45) is 5.80. The quantitative estimate of drug-likeness (QED) is 0.595. The molecule has 0 saturated heterocycles. The molecule has 0 fully saturated rings. The van der Waals surface area contributed by atoms with Gasteiger partial charge in [0.25, 0.3) is 5.91 Å². The second kappa shape index (κ2) is 6.96. The zero-order chi connectivity index (χ0) is 12.7. The van der Waals surface area contributed by atoms with Crippen molar-refractivity contribution in [2.75, 3.05) is 6.54 Å². The summed E-state index contributed by atoms with van der Waals surface area (Å²) in [7, 11) is 0. The summed E-state index contributed by atoms with van der Waals surface area (Å²) in [6.45, 7) is 2.54. The third-order valence-corrected chi connectivity index (χ3v) is 2.48. The number of hydrogen-bond acceptors (Lipinski definition) is 3. The number of aromatic nitrogens is 1. The van der Waals surface area contributed by atoms with Crippen LogP contribution in [0.5, 0.6) is 0 Å². The van der Waals surface area contributed by atoms with Gasteiger partial charge in [0, 0.05) is 18.9 Å². The van der Waals surface area contributed by atoms with Crippen molar-refractivity contribution in [2.24, 2.45) is 5.73 Å². The molecule has 0 aromatic carbocycles. The van der Waals surface area contributed by atoms with Crippen LogP contribution in [0.4, 0.5) is 0 Å². The molecule has 0 aliphatic rings. The molecule has 0 aliphatic heterocycles. The van der Waals surface area contributed by atoms with Crippen molar-refractivity contribution in [3.8, 4) is 0 Å². The Morgan fingerprint density at radius 2 is 2.24 bits per heavy atom. The Labute approximate surface area is 107 Å². The van der Waals surface area contributed by atoms with Gasteiger partial charge in [-0.1, -0.05) is 12.2 Å². The van der Waals surface area contributed by atoms with Gasteiger partial charge in [0.1, 0.15) is 0 Å². The average Bonchev–Trinajstić information content (AvgIpc) is 2.28. The smallest absolute Gasteiger partial charge is 0.252 e. The fraction of sp³-hybridized carbons (Fsp3) is 0.417. The number of hydrogen-bond donors (Lipinski definition) is 2. The van der Waals surface area contributed by atoms with Crippen LogP contribution in [0.2, 0.25) is 0 Å². The van der Waals surface area contributed by atoms with Crippen molar-refractivity contribution in [2.45, 2.75) is 26.2 Å². The van der Waals surface area contributed by atoms with Gasteiger partial charge >= 0.3 is 0 Å². The van der Waals surface area contributed by atoms with Gasteiger partial charge in [0.2, 0.25) is 0 Å². The molecule has 0 radical (unpaired) electrons. The largest absolute Gasteiger partial charge is 0.393 e. The van der Waals surface area contributed by atoms with Crippen molar-refractivity contribution >= 4 is 23.1 Å². The van der Waals surface area contributed by atoms with E-state index in [0.717, 1.165) is 24.8 Å². The van der Waals surface area contributed by atoms with Crippen LogP contribution in [0.25, 0.3) is 0 Å². The van der Waals surface area contributed by atoms with E-state index in [2.05, 4.69) is 10.3 Å². The van der Waals surface area contributed by atoms with Gasteiger partial charge in [-0.2, -0.15) is 0 Å². The number of carbonyl (C=O) groups is 1. The summed E-state index contributed by atoms with van der Waals surface area (Å²) in [5.74, 6) is -0.0866. The number of unbranched alkanes of at least 4 members (excludes halogenated alkanes) is 1. The molecule has 0 spiro atoms. The first kappa shape index (κ1) is 13.6. The van der Waals surface area contributed by atoms with Gasteiger partial charge in [-0.3, -0.25) is 9.78 Å². The van der Waals surface area contributed by atoms with E-state index in [0.29, 0.717) is 17.1 Å². The molecule has 5 heteroatoms. The predicted octanol–water partition coefficient (Wildman–Crippen LogP) is 1.58. The molecule has 0 bridgehead atoms. The van der Waals surface area contributed by atoms with Crippen LogP contribution in [0.1, 0.15) is 35.2 Å². The van der Waals surface area contributed by atoms with Crippen LogP contribution in [0, 0.1) is 6.92 Å². The lowest BCUT2D eigenvalue weighted by molar-refractivity contribution is 0.0952. The van der Waals surface area contributed by atoms with Gasteiger partial charge in [-0.15, -0.1) is 0 Å². The number of nitrogens with zero attached hydrogens (tertiary/aromatic N) is 1. The first-order valence-corrected chi connectivity index (χ1v) is 5.98. The first-order chi connectivity index (χ1) is 8.09. The number of amides is 1. The number of rotatable bonds is 6. The number of carbonyl (C=O) groups excluding carboxylic acids is 1. The van der Waals surface area contributed by atoms with Gasteiger partial charge < -0.3 is 11.1 Å². The molecule has 0 aliphatic carbocycles. The topological polar surface area (TPSA) is 68.0 Å². The molecule has 1 heterocycles. The summed E-state index contributed by atoms with van der Waals surface area (Å²) >= 11 is 4.77. The Morgan fingerprint density at radius 3 is 2.88 bits per heavy atom. The standard InChI is InChI=1S/C12H17N3OS/c1-9-6-10(8-14-7-9)12(16)15-5-3-2-4-11(13)17/h6-8H,2-5H2,1H3,(H2,13,17)(H,15,16). The molecule has 0 saturated carbocycles. The van der Waals surface area contributed by atoms with Gasteiger partial charge in [0.05, 0.1) is 10.6 Å². The van der Waals surface area contributed by atoms with E-state index in [1.165, 1.54) is 0 Å². The fourth-order valence-corrected chi connectivity index (χ4v) is 1.55. The molecule has 1 aromatic rings. The van der Waals surface area contributed by atoms with Crippen LogP contribution in [0.15, 0.2) is 18.5 Å². The molecule has 1 amide bonds. The lowest BCUT2D eigenvalue weighted by Crippen LogP contribution is -2.24. The van der Waals surface area contributed by atoms with Crippen LogP contribution in [-0.2, 0) is 0 Å². The molecular formula is C12H17N3OS. The monoisotopic (exact) mass is 251 g/mol. The Balaban J connectivity index is 2.28. The average molecular weight is 251 g/mol. The summed E-state index contributed by atoms with van der Waals surface area (Å²) in [5, 5.41) is 2.84. The zero-order valence-corrected chi connectivity index (χ0v) is 10.7. The molecule has 1 rings (SSSR count). The van der Waals surface area contributed by atoms with Gasteiger partial charge in [0.15, 0.2) is 0 Å². The normalized spacial score (nSPS) is 9.94. The van der Waals surface area contributed by atoms with Gasteiger partial charge in [-0.25, -0.2) is 0 Å². The van der Waals surface area contributed by atoms with Crippen LogP contribution < -0.4 is 11.1 Å². The Hall–Kier alpha value is -1.49. The van der Waals surface area contributed by atoms with E-state index in [-0.39, 0.29) is 5.91 Å². The van der Waals surface area contributed by atoms with E-state index in [1.54, 1.807) is 12.4 Å². The van der Waals surface area contributed by atoms with Crippen molar-refractivity contribution in [1.29, 1.82) is 0 Å². The Bertz CT molecular complexity index is 406. The fourth-order valence-electron chi connectivity index (χ4n) is 1.41. The molecule has 92 valence electrons. The molecule has 17 heavy (non-hydrogen) atoms. The van der Waals surface area contributed by atoms with E-state index in [4.69, 9.17) is 18.0 Å². The second-order valence-electron chi connectivity index (χ2n) is 3.93. The summed E-state index contributed by atoms with van der Waals surface area (Å²) in [5.41, 5.74) is 6.95. The van der Waals surface area contributed by atoms with Crippen LogP contribution in [-0.4, -0.2) is 22.4 Å². The molecule has 0 unspecified atom stereocenters. The molecule has 0 atom stereocenters.